The number of nitrogens with one attached hydrogen (secondary N) is 1. The van der Waals surface area contributed by atoms with Crippen LogP contribution in [0.2, 0.25) is 5.02 Å². The summed E-state index contributed by atoms with van der Waals surface area (Å²) in [6, 6.07) is 18.4. The van der Waals surface area contributed by atoms with Crippen LogP contribution < -0.4 is 5.32 Å². The first-order valence-corrected chi connectivity index (χ1v) is 13.1. The average molecular weight is 494 g/mol. The molecule has 0 radical (unpaired) electrons. The predicted molar refractivity (Wildman–Crippen MR) is 142 cm³/mol. The van der Waals surface area contributed by atoms with Crippen molar-refractivity contribution in [3.63, 3.8) is 0 Å². The molecule has 2 heterocycles. The number of nitrogens with zero attached hydrogens (tertiary/aromatic N) is 2. The second-order valence-electron chi connectivity index (χ2n) is 9.33. The lowest BCUT2D eigenvalue weighted by Crippen LogP contribution is -2.32. The van der Waals surface area contributed by atoms with Crippen LogP contribution in [0.25, 0.3) is 0 Å². The van der Waals surface area contributed by atoms with Gasteiger partial charge in [0.15, 0.2) is 0 Å². The number of halogens is 1. The van der Waals surface area contributed by atoms with Crippen molar-refractivity contribution in [1.82, 2.24) is 9.88 Å². The highest BCUT2D eigenvalue weighted by molar-refractivity contribution is 7.99. The lowest BCUT2D eigenvalue weighted by molar-refractivity contribution is -0.118. The Kier molecular flexibility index (Phi) is 8.30. The summed E-state index contributed by atoms with van der Waals surface area (Å²) in [6.45, 7) is 9.06. The summed E-state index contributed by atoms with van der Waals surface area (Å²) in [5.41, 5.74) is 4.82. The molecule has 1 N–H and O–H groups in total. The number of aromatic nitrogens is 1. The fourth-order valence-electron chi connectivity index (χ4n) is 4.29. The summed E-state index contributed by atoms with van der Waals surface area (Å²) in [4.78, 5) is 20.4. The summed E-state index contributed by atoms with van der Waals surface area (Å²) < 4.78 is 0. The molecule has 4 rings (SSSR count). The van der Waals surface area contributed by atoms with Crippen LogP contribution in [-0.4, -0.2) is 28.9 Å². The van der Waals surface area contributed by atoms with E-state index in [0.717, 1.165) is 53.1 Å². The van der Waals surface area contributed by atoms with E-state index >= 15 is 0 Å². The van der Waals surface area contributed by atoms with E-state index in [2.05, 4.69) is 46.4 Å². The van der Waals surface area contributed by atoms with Crippen LogP contribution in [0.3, 0.4) is 0 Å². The predicted octanol–water partition coefficient (Wildman–Crippen LogP) is 7.17. The Morgan fingerprint density at radius 3 is 2.50 bits per heavy atom. The van der Waals surface area contributed by atoms with Crippen molar-refractivity contribution in [3.8, 4) is 0 Å². The van der Waals surface area contributed by atoms with Crippen molar-refractivity contribution < 1.29 is 4.79 Å². The SMILES string of the molecule is Cc1ccc(NC(=O)C(C)C)cc1C1CCN(Cc2ccc(Sc3ccc(Cl)cc3)nc2)CC1. The fourth-order valence-corrected chi connectivity index (χ4v) is 5.17. The molecule has 0 bridgehead atoms. The molecule has 0 saturated carbocycles. The number of pyridine rings is 1. The first kappa shape index (κ1) is 24.8. The molecule has 1 fully saturated rings. The molecule has 178 valence electrons. The number of piperidine rings is 1. The van der Waals surface area contributed by atoms with Crippen molar-refractivity contribution in [3.05, 3.63) is 82.5 Å². The van der Waals surface area contributed by atoms with E-state index in [0.29, 0.717) is 5.92 Å². The van der Waals surface area contributed by atoms with Gasteiger partial charge in [0.1, 0.15) is 5.03 Å². The summed E-state index contributed by atoms with van der Waals surface area (Å²) in [5.74, 6) is 0.576. The molecule has 34 heavy (non-hydrogen) atoms. The Morgan fingerprint density at radius 1 is 1.12 bits per heavy atom. The Labute approximate surface area is 212 Å². The van der Waals surface area contributed by atoms with E-state index in [1.54, 1.807) is 11.8 Å². The molecule has 0 atom stereocenters. The van der Waals surface area contributed by atoms with Gasteiger partial charge in [0, 0.05) is 34.3 Å². The first-order chi connectivity index (χ1) is 16.4. The normalized spacial score (nSPS) is 15.0. The van der Waals surface area contributed by atoms with Gasteiger partial charge in [-0.05, 0) is 97.9 Å². The van der Waals surface area contributed by atoms with Gasteiger partial charge < -0.3 is 5.32 Å². The number of aryl methyl sites for hydroxylation is 1. The molecular formula is C28H32ClN3OS. The van der Waals surface area contributed by atoms with Gasteiger partial charge in [-0.25, -0.2) is 4.98 Å². The topological polar surface area (TPSA) is 45.2 Å². The van der Waals surface area contributed by atoms with Crippen molar-refractivity contribution >= 4 is 35.0 Å². The lowest BCUT2D eigenvalue weighted by atomic mass is 9.86. The molecule has 6 heteroatoms. The van der Waals surface area contributed by atoms with Gasteiger partial charge in [0.2, 0.25) is 5.91 Å². The smallest absolute Gasteiger partial charge is 0.226 e. The summed E-state index contributed by atoms with van der Waals surface area (Å²) >= 11 is 7.62. The number of amides is 1. The molecule has 1 aliphatic rings. The number of carbonyl (C=O) groups is 1. The molecule has 0 aliphatic carbocycles. The largest absolute Gasteiger partial charge is 0.326 e. The van der Waals surface area contributed by atoms with Crippen LogP contribution in [0.5, 0.6) is 0 Å². The van der Waals surface area contributed by atoms with Gasteiger partial charge >= 0.3 is 0 Å². The number of hydrogen-bond donors (Lipinski definition) is 1. The molecular weight excluding hydrogens is 462 g/mol. The minimum Gasteiger partial charge on any atom is -0.326 e. The molecule has 1 aliphatic heterocycles. The minimum absolute atomic E-state index is 0.0208. The van der Waals surface area contributed by atoms with E-state index in [1.807, 2.05) is 50.4 Å². The Bertz CT molecular complexity index is 1110. The highest BCUT2D eigenvalue weighted by Crippen LogP contribution is 2.33. The standard InChI is InChI=1S/C28H32ClN3OS/c1-19(2)28(33)31-24-8-4-20(3)26(16-24)22-12-14-32(15-13-22)18-21-5-11-27(30-17-21)34-25-9-6-23(29)7-10-25/h4-11,16-17,19,22H,12-15,18H2,1-3H3,(H,31,33). The zero-order valence-electron chi connectivity index (χ0n) is 20.1. The van der Waals surface area contributed by atoms with Crippen molar-refractivity contribution in [1.29, 1.82) is 0 Å². The second kappa shape index (κ2) is 11.4. The third-order valence-electron chi connectivity index (χ3n) is 6.34. The van der Waals surface area contributed by atoms with Gasteiger partial charge in [-0.3, -0.25) is 9.69 Å². The van der Waals surface area contributed by atoms with Gasteiger partial charge in [0.25, 0.3) is 0 Å². The summed E-state index contributed by atoms with van der Waals surface area (Å²) in [6.07, 6.45) is 4.25. The maximum atomic E-state index is 12.1. The van der Waals surface area contributed by atoms with Crippen LogP contribution >= 0.6 is 23.4 Å². The Hall–Kier alpha value is -2.34. The van der Waals surface area contributed by atoms with Crippen molar-refractivity contribution in [2.24, 2.45) is 5.92 Å². The number of benzene rings is 2. The maximum absolute atomic E-state index is 12.1. The monoisotopic (exact) mass is 493 g/mol. The zero-order chi connectivity index (χ0) is 24.1. The molecule has 0 unspecified atom stereocenters. The molecule has 2 aromatic carbocycles. The summed E-state index contributed by atoms with van der Waals surface area (Å²) in [5, 5.41) is 4.79. The number of rotatable bonds is 7. The van der Waals surface area contributed by atoms with Gasteiger partial charge in [-0.1, -0.05) is 49.3 Å². The average Bonchev–Trinajstić information content (AvgIpc) is 2.83. The van der Waals surface area contributed by atoms with Gasteiger partial charge in [-0.2, -0.15) is 0 Å². The number of anilines is 1. The molecule has 0 spiro atoms. The third kappa shape index (κ3) is 6.62. The zero-order valence-corrected chi connectivity index (χ0v) is 21.6. The minimum atomic E-state index is -0.0208. The van der Waals surface area contributed by atoms with E-state index < -0.39 is 0 Å². The second-order valence-corrected chi connectivity index (χ2v) is 10.9. The van der Waals surface area contributed by atoms with Crippen LogP contribution in [0.4, 0.5) is 5.69 Å². The molecule has 4 nitrogen and oxygen atoms in total. The molecule has 1 amide bonds. The van der Waals surface area contributed by atoms with E-state index in [9.17, 15) is 4.79 Å². The maximum Gasteiger partial charge on any atom is 0.226 e. The highest BCUT2D eigenvalue weighted by Gasteiger charge is 2.22. The lowest BCUT2D eigenvalue weighted by Gasteiger charge is -2.33. The molecule has 1 aromatic heterocycles. The van der Waals surface area contributed by atoms with E-state index in [1.165, 1.54) is 16.7 Å². The fraction of sp³-hybridized carbons (Fsp3) is 0.357. The van der Waals surface area contributed by atoms with Gasteiger partial charge in [-0.15, -0.1) is 0 Å². The Balaban J connectivity index is 1.31. The first-order valence-electron chi connectivity index (χ1n) is 11.9. The third-order valence-corrected chi connectivity index (χ3v) is 7.55. The van der Waals surface area contributed by atoms with Crippen LogP contribution in [-0.2, 0) is 11.3 Å². The van der Waals surface area contributed by atoms with E-state index in [4.69, 9.17) is 11.6 Å². The van der Waals surface area contributed by atoms with Gasteiger partial charge in [0.05, 0.1) is 0 Å². The van der Waals surface area contributed by atoms with Crippen molar-refractivity contribution in [2.75, 3.05) is 18.4 Å². The van der Waals surface area contributed by atoms with E-state index in [-0.39, 0.29) is 11.8 Å². The van der Waals surface area contributed by atoms with Crippen LogP contribution in [0.15, 0.2) is 70.7 Å². The number of carbonyl (C=O) groups excluding carboxylic acids is 1. The highest BCUT2D eigenvalue weighted by atomic mass is 35.5. The number of likely N-dealkylation sites (tertiary alicyclic amines) is 1. The summed E-state index contributed by atoms with van der Waals surface area (Å²) in [7, 11) is 0. The van der Waals surface area contributed by atoms with Crippen LogP contribution in [0.1, 0.15) is 49.3 Å². The van der Waals surface area contributed by atoms with Crippen LogP contribution in [0, 0.1) is 12.8 Å². The van der Waals surface area contributed by atoms with Crippen molar-refractivity contribution in [2.45, 2.75) is 56.0 Å². The number of hydrogen-bond acceptors (Lipinski definition) is 4. The Morgan fingerprint density at radius 2 is 1.85 bits per heavy atom. The molecule has 3 aromatic rings. The molecule has 1 saturated heterocycles. The quantitative estimate of drug-likeness (QED) is 0.379.